The predicted molar refractivity (Wildman–Crippen MR) is 75.0 cm³/mol. The third-order valence-corrected chi connectivity index (χ3v) is 3.69. The Labute approximate surface area is 122 Å². The molecule has 0 radical (unpaired) electrons. The fourth-order valence-corrected chi connectivity index (χ4v) is 2.60. The van der Waals surface area contributed by atoms with E-state index in [1.165, 1.54) is 23.9 Å². The summed E-state index contributed by atoms with van der Waals surface area (Å²) in [6.45, 7) is 3.14. The fraction of sp³-hybridized carbons (Fsp3) is 0.583. The summed E-state index contributed by atoms with van der Waals surface area (Å²) >= 11 is 6.02. The monoisotopic (exact) mass is 293 g/mol. The Hall–Kier alpha value is -1.76. The van der Waals surface area contributed by atoms with Crippen LogP contribution in [0.4, 0.5) is 5.95 Å². The molecular weight excluding hydrogens is 278 g/mol. The van der Waals surface area contributed by atoms with E-state index in [4.69, 9.17) is 11.6 Å². The summed E-state index contributed by atoms with van der Waals surface area (Å²) in [7, 11) is 0. The lowest BCUT2D eigenvalue weighted by atomic mass is 10.1. The SMILES string of the molecule is CC1CCCCCN1c1nc(Cl)nc(-n2cncn2)n1. The van der Waals surface area contributed by atoms with Gasteiger partial charge in [0.1, 0.15) is 12.7 Å². The van der Waals surface area contributed by atoms with Gasteiger partial charge in [0.2, 0.25) is 11.2 Å². The van der Waals surface area contributed by atoms with Crippen molar-refractivity contribution in [3.8, 4) is 5.95 Å². The average molecular weight is 294 g/mol. The van der Waals surface area contributed by atoms with Crippen LogP contribution in [0.3, 0.4) is 0 Å². The normalized spacial score (nSPS) is 19.9. The summed E-state index contributed by atoms with van der Waals surface area (Å²) < 4.78 is 1.49. The maximum absolute atomic E-state index is 6.02. The topological polar surface area (TPSA) is 72.6 Å². The Balaban J connectivity index is 1.96. The van der Waals surface area contributed by atoms with Gasteiger partial charge in [-0.25, -0.2) is 4.98 Å². The van der Waals surface area contributed by atoms with E-state index in [2.05, 4.69) is 36.9 Å². The molecule has 0 N–H and O–H groups in total. The third-order valence-electron chi connectivity index (χ3n) is 3.52. The van der Waals surface area contributed by atoms with Crippen molar-refractivity contribution >= 4 is 17.5 Å². The number of rotatable bonds is 2. The molecule has 106 valence electrons. The van der Waals surface area contributed by atoms with Gasteiger partial charge in [-0.05, 0) is 31.4 Å². The molecular formula is C12H16ClN7. The van der Waals surface area contributed by atoms with Crippen LogP contribution in [0.1, 0.15) is 32.6 Å². The second kappa shape index (κ2) is 5.70. The van der Waals surface area contributed by atoms with Gasteiger partial charge < -0.3 is 4.90 Å². The van der Waals surface area contributed by atoms with Crippen LogP contribution in [0.5, 0.6) is 0 Å². The molecule has 2 aromatic heterocycles. The van der Waals surface area contributed by atoms with Crippen LogP contribution in [-0.4, -0.2) is 42.3 Å². The van der Waals surface area contributed by atoms with E-state index in [0.717, 1.165) is 19.4 Å². The van der Waals surface area contributed by atoms with Crippen LogP contribution in [-0.2, 0) is 0 Å². The van der Waals surface area contributed by atoms with E-state index in [0.29, 0.717) is 17.9 Å². The van der Waals surface area contributed by atoms with Crippen LogP contribution in [0.15, 0.2) is 12.7 Å². The van der Waals surface area contributed by atoms with E-state index in [1.807, 2.05) is 0 Å². The zero-order valence-electron chi connectivity index (χ0n) is 11.3. The summed E-state index contributed by atoms with van der Waals surface area (Å²) in [4.78, 5) is 18.9. The lowest BCUT2D eigenvalue weighted by Crippen LogP contribution is -2.34. The molecule has 0 bridgehead atoms. The molecule has 3 rings (SSSR count). The minimum absolute atomic E-state index is 0.178. The average Bonchev–Trinajstić information content (AvgIpc) is 2.88. The molecule has 1 aliphatic rings. The van der Waals surface area contributed by atoms with Crippen molar-refractivity contribution < 1.29 is 0 Å². The van der Waals surface area contributed by atoms with Gasteiger partial charge in [-0.3, -0.25) is 0 Å². The summed E-state index contributed by atoms with van der Waals surface area (Å²) in [5.74, 6) is 1.01. The Bertz CT molecular complexity index is 571. The van der Waals surface area contributed by atoms with E-state index in [9.17, 15) is 0 Å². The zero-order chi connectivity index (χ0) is 13.9. The van der Waals surface area contributed by atoms with Crippen molar-refractivity contribution in [3.63, 3.8) is 0 Å². The first-order valence-corrected chi connectivity index (χ1v) is 7.15. The van der Waals surface area contributed by atoms with E-state index in [-0.39, 0.29) is 5.28 Å². The molecule has 7 nitrogen and oxygen atoms in total. The first kappa shape index (κ1) is 13.2. The molecule has 8 heteroatoms. The second-order valence-electron chi connectivity index (χ2n) is 4.94. The number of nitrogens with zero attached hydrogens (tertiary/aromatic N) is 7. The van der Waals surface area contributed by atoms with Gasteiger partial charge in [-0.15, -0.1) is 0 Å². The van der Waals surface area contributed by atoms with Crippen LogP contribution in [0.25, 0.3) is 5.95 Å². The minimum atomic E-state index is 0.178. The van der Waals surface area contributed by atoms with Crippen LogP contribution < -0.4 is 4.90 Å². The molecule has 1 saturated heterocycles. The molecule has 1 atom stereocenters. The Morgan fingerprint density at radius 2 is 2.00 bits per heavy atom. The van der Waals surface area contributed by atoms with Gasteiger partial charge in [0, 0.05) is 12.6 Å². The highest BCUT2D eigenvalue weighted by atomic mass is 35.5. The van der Waals surface area contributed by atoms with Crippen molar-refractivity contribution in [1.82, 2.24) is 29.7 Å². The van der Waals surface area contributed by atoms with Crippen LogP contribution in [0, 0.1) is 0 Å². The molecule has 1 unspecified atom stereocenters. The van der Waals surface area contributed by atoms with Crippen molar-refractivity contribution in [2.75, 3.05) is 11.4 Å². The highest BCUT2D eigenvalue weighted by molar-refractivity contribution is 6.28. The summed E-state index contributed by atoms with van der Waals surface area (Å²) in [6.07, 6.45) is 7.75. The highest BCUT2D eigenvalue weighted by Crippen LogP contribution is 2.22. The lowest BCUT2D eigenvalue weighted by molar-refractivity contribution is 0.601. The molecule has 0 saturated carbocycles. The summed E-state index contributed by atoms with van der Waals surface area (Å²) in [5, 5.41) is 4.20. The number of aromatic nitrogens is 6. The van der Waals surface area contributed by atoms with Crippen LogP contribution in [0.2, 0.25) is 5.28 Å². The molecule has 20 heavy (non-hydrogen) atoms. The Morgan fingerprint density at radius 1 is 1.15 bits per heavy atom. The summed E-state index contributed by atoms with van der Waals surface area (Å²) in [5.41, 5.74) is 0. The standard InChI is InChI=1S/C12H16ClN7/c1-9-5-3-2-4-6-19(9)11-16-10(13)17-12(18-11)20-8-14-7-15-20/h7-9H,2-6H2,1H3. The van der Waals surface area contributed by atoms with Crippen molar-refractivity contribution in [2.24, 2.45) is 0 Å². The number of anilines is 1. The predicted octanol–water partition coefficient (Wildman–Crippen LogP) is 1.87. The van der Waals surface area contributed by atoms with E-state index in [1.54, 1.807) is 6.33 Å². The fourth-order valence-electron chi connectivity index (χ4n) is 2.44. The smallest absolute Gasteiger partial charge is 0.258 e. The van der Waals surface area contributed by atoms with E-state index >= 15 is 0 Å². The van der Waals surface area contributed by atoms with Crippen molar-refractivity contribution in [2.45, 2.75) is 38.6 Å². The quantitative estimate of drug-likeness (QED) is 0.842. The maximum Gasteiger partial charge on any atom is 0.258 e. The molecule has 0 aromatic carbocycles. The lowest BCUT2D eigenvalue weighted by Gasteiger charge is -2.27. The van der Waals surface area contributed by atoms with Gasteiger partial charge in [-0.2, -0.15) is 24.7 Å². The van der Waals surface area contributed by atoms with Gasteiger partial charge in [0.25, 0.3) is 5.95 Å². The number of halogens is 1. The van der Waals surface area contributed by atoms with Gasteiger partial charge in [-0.1, -0.05) is 12.8 Å². The molecule has 3 heterocycles. The molecule has 1 aliphatic heterocycles. The van der Waals surface area contributed by atoms with Crippen molar-refractivity contribution in [1.29, 1.82) is 0 Å². The molecule has 0 amide bonds. The molecule has 1 fully saturated rings. The second-order valence-corrected chi connectivity index (χ2v) is 5.27. The number of hydrogen-bond acceptors (Lipinski definition) is 6. The van der Waals surface area contributed by atoms with Gasteiger partial charge >= 0.3 is 0 Å². The Morgan fingerprint density at radius 3 is 2.80 bits per heavy atom. The third kappa shape index (κ3) is 2.72. The molecule has 0 spiro atoms. The summed E-state index contributed by atoms with van der Waals surface area (Å²) in [6, 6.07) is 0.402. The van der Waals surface area contributed by atoms with Gasteiger partial charge in [0.15, 0.2) is 0 Å². The molecule has 0 aliphatic carbocycles. The zero-order valence-corrected chi connectivity index (χ0v) is 12.0. The Kier molecular flexibility index (Phi) is 3.77. The van der Waals surface area contributed by atoms with E-state index < -0.39 is 0 Å². The molecule has 2 aromatic rings. The van der Waals surface area contributed by atoms with Gasteiger partial charge in [0.05, 0.1) is 0 Å². The number of hydrogen-bond donors (Lipinski definition) is 0. The van der Waals surface area contributed by atoms with Crippen molar-refractivity contribution in [3.05, 3.63) is 17.9 Å². The highest BCUT2D eigenvalue weighted by Gasteiger charge is 2.21. The first-order valence-electron chi connectivity index (χ1n) is 6.77. The largest absolute Gasteiger partial charge is 0.338 e. The van der Waals surface area contributed by atoms with Crippen LogP contribution >= 0.6 is 11.6 Å². The minimum Gasteiger partial charge on any atom is -0.338 e. The first-order chi connectivity index (χ1) is 9.74. The maximum atomic E-state index is 6.02.